The second kappa shape index (κ2) is 9.56. The second-order valence-corrected chi connectivity index (χ2v) is 8.04. The highest BCUT2D eigenvalue weighted by molar-refractivity contribution is 5.68. The van der Waals surface area contributed by atoms with Crippen LogP contribution >= 0.6 is 0 Å². The zero-order valence-electron chi connectivity index (χ0n) is 17.0. The molecular formula is C23H31NO3. The Morgan fingerprint density at radius 2 is 1.63 bits per heavy atom. The quantitative estimate of drug-likeness (QED) is 0.751. The number of carbonyl (C=O) groups excluding carboxylic acids is 1. The van der Waals surface area contributed by atoms with Crippen LogP contribution in [0.5, 0.6) is 0 Å². The molecule has 1 amide bonds. The fourth-order valence-electron chi connectivity index (χ4n) is 3.00. The summed E-state index contributed by atoms with van der Waals surface area (Å²) in [4.78, 5) is 12.2. The lowest BCUT2D eigenvalue weighted by atomic mass is 10.1. The van der Waals surface area contributed by atoms with Crippen molar-refractivity contribution >= 4 is 6.09 Å². The third kappa shape index (κ3) is 8.27. The van der Waals surface area contributed by atoms with Crippen LogP contribution in [-0.4, -0.2) is 24.3 Å². The first-order valence-corrected chi connectivity index (χ1v) is 9.39. The number of alkyl carbamates (subject to hydrolysis) is 1. The van der Waals surface area contributed by atoms with Gasteiger partial charge in [-0.25, -0.2) is 4.79 Å². The zero-order valence-corrected chi connectivity index (χ0v) is 17.0. The Hall–Kier alpha value is -2.33. The monoisotopic (exact) mass is 369 g/mol. The number of hydrogen-bond donors (Lipinski definition) is 1. The van der Waals surface area contributed by atoms with Crippen LogP contribution < -0.4 is 5.32 Å². The molecule has 0 radical (unpaired) electrons. The molecule has 0 heterocycles. The van der Waals surface area contributed by atoms with E-state index in [-0.39, 0.29) is 6.04 Å². The van der Waals surface area contributed by atoms with Gasteiger partial charge in [0, 0.05) is 0 Å². The molecule has 0 aliphatic carbocycles. The van der Waals surface area contributed by atoms with Crippen molar-refractivity contribution < 1.29 is 14.3 Å². The molecule has 0 aromatic heterocycles. The molecule has 2 aromatic carbocycles. The molecular weight excluding hydrogens is 338 g/mol. The minimum absolute atomic E-state index is 0.159. The molecule has 4 heteroatoms. The van der Waals surface area contributed by atoms with E-state index in [1.807, 2.05) is 51.1 Å². The number of hydrogen-bond acceptors (Lipinski definition) is 3. The van der Waals surface area contributed by atoms with Gasteiger partial charge in [-0.05, 0) is 52.2 Å². The van der Waals surface area contributed by atoms with Gasteiger partial charge in [-0.1, -0.05) is 59.7 Å². The topological polar surface area (TPSA) is 47.6 Å². The molecule has 0 aliphatic heterocycles. The third-order valence-electron chi connectivity index (χ3n) is 3.92. The lowest BCUT2D eigenvalue weighted by molar-refractivity contribution is 0.0429. The van der Waals surface area contributed by atoms with E-state index in [1.165, 1.54) is 11.1 Å². The van der Waals surface area contributed by atoms with Gasteiger partial charge in [-0.15, -0.1) is 0 Å². The Balaban J connectivity index is 1.97. The van der Waals surface area contributed by atoms with Crippen molar-refractivity contribution in [1.82, 2.24) is 5.32 Å². The van der Waals surface area contributed by atoms with Crippen LogP contribution in [0.2, 0.25) is 0 Å². The summed E-state index contributed by atoms with van der Waals surface area (Å²) in [6.07, 6.45) is 0.269. The number of carbonyl (C=O) groups is 1. The van der Waals surface area contributed by atoms with Crippen LogP contribution in [0.3, 0.4) is 0 Å². The van der Waals surface area contributed by atoms with Crippen molar-refractivity contribution in [2.45, 2.75) is 59.3 Å². The van der Waals surface area contributed by atoms with Crippen molar-refractivity contribution in [2.75, 3.05) is 6.61 Å². The largest absolute Gasteiger partial charge is 0.444 e. The Labute approximate surface area is 162 Å². The molecule has 0 saturated carbocycles. The summed E-state index contributed by atoms with van der Waals surface area (Å²) in [5.74, 6) is 0. The van der Waals surface area contributed by atoms with Crippen LogP contribution in [0.4, 0.5) is 4.79 Å². The average Bonchev–Trinajstić information content (AvgIpc) is 2.53. The molecule has 146 valence electrons. The van der Waals surface area contributed by atoms with E-state index in [1.54, 1.807) is 0 Å². The molecule has 1 N–H and O–H groups in total. The van der Waals surface area contributed by atoms with E-state index in [0.717, 1.165) is 11.1 Å². The summed E-state index contributed by atoms with van der Waals surface area (Å²) < 4.78 is 11.3. The lowest BCUT2D eigenvalue weighted by Crippen LogP contribution is -2.42. The highest BCUT2D eigenvalue weighted by Gasteiger charge is 2.20. The van der Waals surface area contributed by atoms with Crippen molar-refractivity contribution in [3.8, 4) is 0 Å². The van der Waals surface area contributed by atoms with E-state index >= 15 is 0 Å². The second-order valence-electron chi connectivity index (χ2n) is 8.04. The number of nitrogens with one attached hydrogen (secondary N) is 1. The number of rotatable bonds is 7. The molecule has 0 fully saturated rings. The minimum atomic E-state index is -0.526. The first-order chi connectivity index (χ1) is 12.7. The molecule has 1 atom stereocenters. The van der Waals surface area contributed by atoms with Gasteiger partial charge in [0.2, 0.25) is 0 Å². The van der Waals surface area contributed by atoms with E-state index in [4.69, 9.17) is 9.47 Å². The van der Waals surface area contributed by atoms with Crippen molar-refractivity contribution in [2.24, 2.45) is 0 Å². The van der Waals surface area contributed by atoms with Crippen molar-refractivity contribution in [3.05, 3.63) is 70.8 Å². The summed E-state index contributed by atoms with van der Waals surface area (Å²) in [5.41, 5.74) is 4.21. The predicted molar refractivity (Wildman–Crippen MR) is 109 cm³/mol. The summed E-state index contributed by atoms with van der Waals surface area (Å²) >= 11 is 0. The first kappa shape index (κ1) is 21.0. The van der Waals surface area contributed by atoms with Crippen LogP contribution in [0.1, 0.15) is 43.0 Å². The highest BCUT2D eigenvalue weighted by atomic mass is 16.6. The molecule has 4 nitrogen and oxygen atoms in total. The predicted octanol–water partition coefficient (Wildman–Crippen LogP) is 4.96. The van der Waals surface area contributed by atoms with Gasteiger partial charge in [-0.2, -0.15) is 0 Å². The molecule has 2 rings (SSSR count). The maximum atomic E-state index is 12.2. The molecule has 2 aromatic rings. The van der Waals surface area contributed by atoms with E-state index in [9.17, 15) is 4.79 Å². The van der Waals surface area contributed by atoms with Gasteiger partial charge >= 0.3 is 6.09 Å². The van der Waals surface area contributed by atoms with Crippen LogP contribution in [0.25, 0.3) is 0 Å². The van der Waals surface area contributed by atoms with E-state index < -0.39 is 11.7 Å². The summed E-state index contributed by atoms with van der Waals surface area (Å²) in [6, 6.07) is 16.3. The van der Waals surface area contributed by atoms with Crippen molar-refractivity contribution in [3.63, 3.8) is 0 Å². The van der Waals surface area contributed by atoms with E-state index in [2.05, 4.69) is 37.4 Å². The molecule has 0 spiro atoms. The normalized spacial score (nSPS) is 12.5. The number of aryl methyl sites for hydroxylation is 2. The molecule has 27 heavy (non-hydrogen) atoms. The number of ether oxygens (including phenoxy) is 2. The summed E-state index contributed by atoms with van der Waals surface area (Å²) in [6.45, 7) is 10.7. The third-order valence-corrected chi connectivity index (χ3v) is 3.92. The minimum Gasteiger partial charge on any atom is -0.444 e. The summed E-state index contributed by atoms with van der Waals surface area (Å²) in [7, 11) is 0. The highest BCUT2D eigenvalue weighted by Crippen LogP contribution is 2.12. The molecule has 0 aliphatic rings. The number of benzene rings is 2. The van der Waals surface area contributed by atoms with Crippen LogP contribution in [-0.2, 0) is 22.5 Å². The number of amides is 1. The standard InChI is InChI=1S/C23H31NO3/c1-17-11-18(2)13-20(12-17)15-26-16-21(14-19-9-7-6-8-10-19)24-22(25)27-23(3,4)5/h6-13,21H,14-16H2,1-5H3,(H,24,25)/t21-/m0/s1. The fourth-order valence-corrected chi connectivity index (χ4v) is 3.00. The molecule has 0 unspecified atom stereocenters. The maximum Gasteiger partial charge on any atom is 0.407 e. The Bertz CT molecular complexity index is 715. The average molecular weight is 370 g/mol. The van der Waals surface area contributed by atoms with Gasteiger partial charge in [0.15, 0.2) is 0 Å². The van der Waals surface area contributed by atoms with Gasteiger partial charge in [0.1, 0.15) is 5.60 Å². The van der Waals surface area contributed by atoms with Crippen molar-refractivity contribution in [1.29, 1.82) is 0 Å². The summed E-state index contributed by atoms with van der Waals surface area (Å²) in [5, 5.41) is 2.94. The van der Waals surface area contributed by atoms with Crippen LogP contribution in [0, 0.1) is 13.8 Å². The maximum absolute atomic E-state index is 12.2. The van der Waals surface area contributed by atoms with Gasteiger partial charge in [0.05, 0.1) is 19.3 Å². The Morgan fingerprint density at radius 1 is 1.00 bits per heavy atom. The molecule has 0 saturated heterocycles. The Morgan fingerprint density at radius 3 is 2.22 bits per heavy atom. The van der Waals surface area contributed by atoms with Crippen LogP contribution in [0.15, 0.2) is 48.5 Å². The first-order valence-electron chi connectivity index (χ1n) is 9.39. The Kier molecular flexibility index (Phi) is 7.43. The SMILES string of the molecule is Cc1cc(C)cc(COC[C@H](Cc2ccccc2)NC(=O)OC(C)(C)C)c1. The fraction of sp³-hybridized carbons (Fsp3) is 0.435. The van der Waals surface area contributed by atoms with E-state index in [0.29, 0.717) is 19.6 Å². The zero-order chi connectivity index (χ0) is 19.9. The molecule has 0 bridgehead atoms. The van der Waals surface area contributed by atoms with Gasteiger partial charge in [-0.3, -0.25) is 0 Å². The van der Waals surface area contributed by atoms with Gasteiger partial charge in [0.25, 0.3) is 0 Å². The smallest absolute Gasteiger partial charge is 0.407 e. The lowest BCUT2D eigenvalue weighted by Gasteiger charge is -2.24. The van der Waals surface area contributed by atoms with Gasteiger partial charge < -0.3 is 14.8 Å².